The zero-order chi connectivity index (χ0) is 24.0. The molecule has 10 heteroatoms. The van der Waals surface area contributed by atoms with Crippen LogP contribution in [0.3, 0.4) is 0 Å². The third-order valence-corrected chi connectivity index (χ3v) is 7.04. The van der Waals surface area contributed by atoms with Gasteiger partial charge in [0.1, 0.15) is 12.3 Å². The van der Waals surface area contributed by atoms with E-state index in [1.54, 1.807) is 0 Å². The SMILES string of the molecule is C#C[C@]1(CO)O[C@@H](n2cnc3c(N)nc(F)nc32)C[C@@H]1OC(=O)[C@H]1CC[C@H](C(C)(C)C)CC1. The number of esters is 1. The number of aliphatic hydroxyl groups excluding tert-OH is 1. The lowest BCUT2D eigenvalue weighted by Crippen LogP contribution is -2.45. The van der Waals surface area contributed by atoms with Crippen LogP contribution in [0.5, 0.6) is 0 Å². The number of carbonyl (C=O) groups excluding carboxylic acids is 1. The minimum absolute atomic E-state index is 0.103. The van der Waals surface area contributed by atoms with E-state index < -0.39 is 30.6 Å². The minimum atomic E-state index is -1.53. The van der Waals surface area contributed by atoms with E-state index in [4.69, 9.17) is 21.6 Å². The van der Waals surface area contributed by atoms with Gasteiger partial charge < -0.3 is 20.3 Å². The maximum Gasteiger partial charge on any atom is 0.312 e. The minimum Gasteiger partial charge on any atom is -0.458 e. The van der Waals surface area contributed by atoms with Gasteiger partial charge in [0.15, 0.2) is 22.6 Å². The molecule has 0 bridgehead atoms. The van der Waals surface area contributed by atoms with Gasteiger partial charge in [0, 0.05) is 6.42 Å². The highest BCUT2D eigenvalue weighted by atomic mass is 19.1. The van der Waals surface area contributed by atoms with Crippen molar-refractivity contribution in [1.29, 1.82) is 0 Å². The number of nitrogen functional groups attached to an aromatic ring is 1. The van der Waals surface area contributed by atoms with E-state index in [0.29, 0.717) is 5.92 Å². The molecule has 2 fully saturated rings. The molecule has 9 nitrogen and oxygen atoms in total. The topological polar surface area (TPSA) is 125 Å². The quantitative estimate of drug-likeness (QED) is 0.406. The normalized spacial score (nSPS) is 30.3. The summed E-state index contributed by atoms with van der Waals surface area (Å²) in [6.07, 6.45) is 7.99. The molecule has 1 aliphatic carbocycles. The fourth-order valence-electron chi connectivity index (χ4n) is 4.92. The van der Waals surface area contributed by atoms with Crippen LogP contribution in [0.15, 0.2) is 6.33 Å². The van der Waals surface area contributed by atoms with Crippen LogP contribution in [0, 0.1) is 35.7 Å². The van der Waals surface area contributed by atoms with E-state index in [1.807, 2.05) is 0 Å². The molecule has 0 radical (unpaired) electrons. The van der Waals surface area contributed by atoms with E-state index in [0.717, 1.165) is 25.7 Å². The average molecular weight is 460 g/mol. The summed E-state index contributed by atoms with van der Waals surface area (Å²) < 4.78 is 27.0. The highest BCUT2D eigenvalue weighted by molar-refractivity contribution is 5.81. The lowest BCUT2D eigenvalue weighted by Gasteiger charge is -2.36. The summed E-state index contributed by atoms with van der Waals surface area (Å²) in [4.78, 5) is 24.4. The van der Waals surface area contributed by atoms with Gasteiger partial charge in [0.25, 0.3) is 0 Å². The van der Waals surface area contributed by atoms with Gasteiger partial charge in [-0.3, -0.25) is 9.36 Å². The number of aromatic nitrogens is 4. The number of halogens is 1. The molecule has 0 aromatic carbocycles. The Bertz CT molecular complexity index is 1080. The monoisotopic (exact) mass is 459 g/mol. The Labute approximate surface area is 191 Å². The number of hydrogen-bond acceptors (Lipinski definition) is 8. The molecule has 2 aromatic rings. The van der Waals surface area contributed by atoms with Crippen LogP contribution in [-0.2, 0) is 14.3 Å². The van der Waals surface area contributed by atoms with Crippen LogP contribution in [0.1, 0.15) is 59.1 Å². The van der Waals surface area contributed by atoms with Crippen molar-refractivity contribution in [2.75, 3.05) is 12.3 Å². The number of carbonyl (C=O) groups is 1. The average Bonchev–Trinajstić information content (AvgIpc) is 3.35. The van der Waals surface area contributed by atoms with Crippen LogP contribution in [0.4, 0.5) is 10.2 Å². The summed E-state index contributed by atoms with van der Waals surface area (Å²) >= 11 is 0. The maximum absolute atomic E-state index is 13.8. The van der Waals surface area contributed by atoms with Gasteiger partial charge in [-0.2, -0.15) is 14.4 Å². The summed E-state index contributed by atoms with van der Waals surface area (Å²) in [5.41, 5.74) is 4.75. The first kappa shape index (κ1) is 23.4. The summed E-state index contributed by atoms with van der Waals surface area (Å²) in [5, 5.41) is 10.1. The Morgan fingerprint density at radius 2 is 2.09 bits per heavy atom. The molecule has 3 N–H and O–H groups in total. The number of imidazole rings is 1. The predicted molar refractivity (Wildman–Crippen MR) is 118 cm³/mol. The van der Waals surface area contributed by atoms with Gasteiger partial charge in [-0.1, -0.05) is 26.7 Å². The van der Waals surface area contributed by atoms with Crippen molar-refractivity contribution in [3.8, 4) is 12.3 Å². The fourth-order valence-corrected chi connectivity index (χ4v) is 4.92. The van der Waals surface area contributed by atoms with Crippen molar-refractivity contribution in [3.05, 3.63) is 12.4 Å². The number of ether oxygens (including phenoxy) is 2. The Morgan fingerprint density at radius 1 is 1.39 bits per heavy atom. The van der Waals surface area contributed by atoms with Crippen molar-refractivity contribution in [1.82, 2.24) is 19.5 Å². The van der Waals surface area contributed by atoms with Gasteiger partial charge in [-0.05, 0) is 37.0 Å². The molecule has 2 aromatic heterocycles. The van der Waals surface area contributed by atoms with Crippen molar-refractivity contribution < 1.29 is 23.8 Å². The zero-order valence-electron chi connectivity index (χ0n) is 19.1. The van der Waals surface area contributed by atoms with Crippen molar-refractivity contribution in [3.63, 3.8) is 0 Å². The Hall–Kier alpha value is -2.77. The molecule has 0 unspecified atom stereocenters. The molecule has 33 heavy (non-hydrogen) atoms. The van der Waals surface area contributed by atoms with E-state index in [-0.39, 0.29) is 40.7 Å². The summed E-state index contributed by atoms with van der Waals surface area (Å²) in [6.45, 7) is 6.12. The molecule has 0 amide bonds. The van der Waals surface area contributed by atoms with Crippen molar-refractivity contribution >= 4 is 23.0 Å². The second kappa shape index (κ2) is 8.54. The van der Waals surface area contributed by atoms with Crippen molar-refractivity contribution in [2.45, 2.75) is 70.8 Å². The highest BCUT2D eigenvalue weighted by Crippen LogP contribution is 2.43. The van der Waals surface area contributed by atoms with E-state index in [1.165, 1.54) is 10.9 Å². The van der Waals surface area contributed by atoms with Gasteiger partial charge in [-0.15, -0.1) is 6.42 Å². The van der Waals surface area contributed by atoms with Gasteiger partial charge in [-0.25, -0.2) is 4.98 Å². The van der Waals surface area contributed by atoms with Crippen LogP contribution >= 0.6 is 0 Å². The van der Waals surface area contributed by atoms with E-state index in [9.17, 15) is 14.3 Å². The lowest BCUT2D eigenvalue weighted by molar-refractivity contribution is -0.165. The molecule has 1 aliphatic heterocycles. The molecule has 1 saturated carbocycles. The zero-order valence-corrected chi connectivity index (χ0v) is 19.1. The van der Waals surface area contributed by atoms with Crippen LogP contribution in [0.2, 0.25) is 0 Å². The molecule has 0 spiro atoms. The number of fused-ring (bicyclic) bond motifs is 1. The first-order chi connectivity index (χ1) is 15.6. The number of nitrogens with two attached hydrogens (primary N) is 1. The van der Waals surface area contributed by atoms with Gasteiger partial charge in [0.2, 0.25) is 0 Å². The first-order valence-corrected chi connectivity index (χ1v) is 11.2. The molecule has 3 atom stereocenters. The maximum atomic E-state index is 13.8. The number of nitrogens with zero attached hydrogens (tertiary/aromatic N) is 4. The fraction of sp³-hybridized carbons (Fsp3) is 0.652. The van der Waals surface area contributed by atoms with E-state index in [2.05, 4.69) is 41.6 Å². The molecular formula is C23H30FN5O4. The first-order valence-electron chi connectivity index (χ1n) is 11.2. The Balaban J connectivity index is 1.52. The second-order valence-corrected chi connectivity index (χ2v) is 10.0. The number of hydrogen-bond donors (Lipinski definition) is 2. The molecule has 4 rings (SSSR count). The smallest absolute Gasteiger partial charge is 0.312 e. The molecule has 2 aliphatic rings. The standard InChI is InChI=1S/C23H30FN5O4/c1-5-23(11-30)15(32-20(31)13-6-8-14(9-7-13)22(2,3)4)10-16(33-23)29-12-26-17-18(25)27-21(24)28-19(17)29/h1,12-16,30H,6-11H2,2-4H3,(H2,25,27,28)/t13-,14-,15-,16+,23+/m0/s1. The van der Waals surface area contributed by atoms with Crippen molar-refractivity contribution in [2.24, 2.45) is 17.3 Å². The van der Waals surface area contributed by atoms with Gasteiger partial charge in [0.05, 0.1) is 18.9 Å². The number of anilines is 1. The summed E-state index contributed by atoms with van der Waals surface area (Å²) in [7, 11) is 0. The third-order valence-electron chi connectivity index (χ3n) is 7.04. The Kier molecular flexibility index (Phi) is 6.05. The molecule has 1 saturated heterocycles. The predicted octanol–water partition coefficient (Wildman–Crippen LogP) is 2.60. The largest absolute Gasteiger partial charge is 0.458 e. The summed E-state index contributed by atoms with van der Waals surface area (Å²) in [5.74, 6) is 2.37. The third kappa shape index (κ3) is 4.27. The number of aliphatic hydroxyl groups is 1. The lowest BCUT2D eigenvalue weighted by atomic mass is 9.70. The number of rotatable bonds is 4. The van der Waals surface area contributed by atoms with Crippen LogP contribution in [-0.4, -0.2) is 48.9 Å². The highest BCUT2D eigenvalue weighted by Gasteiger charge is 2.51. The molecular weight excluding hydrogens is 429 g/mol. The second-order valence-electron chi connectivity index (χ2n) is 10.0. The van der Waals surface area contributed by atoms with E-state index >= 15 is 0 Å². The van der Waals surface area contributed by atoms with Crippen LogP contribution in [0.25, 0.3) is 11.2 Å². The molecule has 178 valence electrons. The number of terminal acetylenes is 1. The van der Waals surface area contributed by atoms with Crippen LogP contribution < -0.4 is 5.73 Å². The van der Waals surface area contributed by atoms with Gasteiger partial charge >= 0.3 is 12.0 Å². The molecule has 3 heterocycles. The Morgan fingerprint density at radius 3 is 2.70 bits per heavy atom. The summed E-state index contributed by atoms with van der Waals surface area (Å²) in [6, 6.07) is 0.